The standard InChI is InChI=1S/C33H37NO6/c1-4-5-6-20-39-27-15-11-25(12-16-27)30-29(32(36)33(37)34(30)19-21-38-3)31(35)26-13-17-28(18-14-26)40-22-24-9-7-23(2)8-10-24/h7-18,30,35H,4-6,19-22H2,1-3H3/b31-29-. The maximum absolute atomic E-state index is 13.2. The second-order valence-corrected chi connectivity index (χ2v) is 9.91. The van der Waals surface area contributed by atoms with Crippen molar-refractivity contribution in [3.8, 4) is 11.5 Å². The minimum atomic E-state index is -0.748. The first kappa shape index (κ1) is 28.9. The van der Waals surface area contributed by atoms with Gasteiger partial charge in [0.05, 0.1) is 24.8 Å². The van der Waals surface area contributed by atoms with Gasteiger partial charge in [0.25, 0.3) is 11.7 Å². The number of ketones is 1. The van der Waals surface area contributed by atoms with Crippen LogP contribution in [-0.4, -0.2) is 48.6 Å². The third kappa shape index (κ3) is 6.90. The minimum Gasteiger partial charge on any atom is -0.507 e. The van der Waals surface area contributed by atoms with E-state index in [1.54, 1.807) is 31.4 Å². The molecule has 1 saturated heterocycles. The van der Waals surface area contributed by atoms with Gasteiger partial charge in [0.1, 0.15) is 23.9 Å². The van der Waals surface area contributed by atoms with Crippen molar-refractivity contribution in [2.24, 2.45) is 0 Å². The number of methoxy groups -OCH3 is 1. The molecule has 1 amide bonds. The minimum absolute atomic E-state index is 0.0473. The first-order valence-corrected chi connectivity index (χ1v) is 13.7. The molecule has 0 aliphatic carbocycles. The van der Waals surface area contributed by atoms with Gasteiger partial charge >= 0.3 is 0 Å². The number of carbonyl (C=O) groups excluding carboxylic acids is 2. The van der Waals surface area contributed by atoms with Crippen molar-refractivity contribution in [1.29, 1.82) is 0 Å². The Balaban J connectivity index is 1.58. The lowest BCUT2D eigenvalue weighted by Crippen LogP contribution is -2.32. The smallest absolute Gasteiger partial charge is 0.295 e. The van der Waals surface area contributed by atoms with Crippen LogP contribution in [0.25, 0.3) is 5.76 Å². The topological polar surface area (TPSA) is 85.3 Å². The summed E-state index contributed by atoms with van der Waals surface area (Å²) in [5.41, 5.74) is 3.41. The summed E-state index contributed by atoms with van der Waals surface area (Å²) in [6.45, 7) is 5.69. The van der Waals surface area contributed by atoms with Gasteiger partial charge in [0, 0.05) is 19.2 Å². The molecule has 210 valence electrons. The highest BCUT2D eigenvalue weighted by Gasteiger charge is 2.45. The van der Waals surface area contributed by atoms with Crippen molar-refractivity contribution in [1.82, 2.24) is 4.90 Å². The Kier molecular flexibility index (Phi) is 9.97. The van der Waals surface area contributed by atoms with E-state index < -0.39 is 17.7 Å². The largest absolute Gasteiger partial charge is 0.507 e. The van der Waals surface area contributed by atoms with Crippen LogP contribution in [0.4, 0.5) is 0 Å². The molecule has 0 saturated carbocycles. The number of nitrogens with zero attached hydrogens (tertiary/aromatic N) is 1. The highest BCUT2D eigenvalue weighted by atomic mass is 16.5. The molecule has 1 aliphatic heterocycles. The van der Waals surface area contributed by atoms with Crippen molar-refractivity contribution < 1.29 is 28.9 Å². The van der Waals surface area contributed by atoms with Gasteiger partial charge in [-0.15, -0.1) is 0 Å². The van der Waals surface area contributed by atoms with E-state index in [0.29, 0.717) is 30.1 Å². The van der Waals surface area contributed by atoms with E-state index in [4.69, 9.17) is 14.2 Å². The first-order chi connectivity index (χ1) is 19.4. The highest BCUT2D eigenvalue weighted by molar-refractivity contribution is 6.46. The number of benzene rings is 3. The molecule has 3 aromatic carbocycles. The fourth-order valence-corrected chi connectivity index (χ4v) is 4.65. The van der Waals surface area contributed by atoms with Gasteiger partial charge in [-0.1, -0.05) is 61.7 Å². The molecule has 1 aliphatic rings. The molecule has 7 nitrogen and oxygen atoms in total. The average molecular weight is 544 g/mol. The number of ether oxygens (including phenoxy) is 3. The number of rotatable bonds is 13. The molecular weight excluding hydrogens is 506 g/mol. The summed E-state index contributed by atoms with van der Waals surface area (Å²) >= 11 is 0. The van der Waals surface area contributed by atoms with Gasteiger partial charge in [0.15, 0.2) is 0 Å². The molecule has 0 aromatic heterocycles. The zero-order valence-corrected chi connectivity index (χ0v) is 23.4. The summed E-state index contributed by atoms with van der Waals surface area (Å²) in [5, 5.41) is 11.3. The number of hydrogen-bond donors (Lipinski definition) is 1. The van der Waals surface area contributed by atoms with E-state index in [0.717, 1.165) is 30.6 Å². The van der Waals surface area contributed by atoms with Crippen LogP contribution in [0.5, 0.6) is 11.5 Å². The molecule has 0 spiro atoms. The quantitative estimate of drug-likeness (QED) is 0.119. The number of hydrogen-bond acceptors (Lipinski definition) is 6. The lowest BCUT2D eigenvalue weighted by molar-refractivity contribution is -0.140. The number of carbonyl (C=O) groups is 2. The lowest BCUT2D eigenvalue weighted by Gasteiger charge is -2.25. The van der Waals surface area contributed by atoms with Crippen molar-refractivity contribution in [2.75, 3.05) is 26.9 Å². The molecule has 1 fully saturated rings. The van der Waals surface area contributed by atoms with Crippen LogP contribution in [0.1, 0.15) is 54.5 Å². The third-order valence-corrected chi connectivity index (χ3v) is 6.94. The number of likely N-dealkylation sites (tertiary alicyclic amines) is 1. The molecule has 40 heavy (non-hydrogen) atoms. The summed E-state index contributed by atoms with van der Waals surface area (Å²) in [6.07, 6.45) is 3.20. The molecule has 1 N–H and O–H groups in total. The zero-order chi connectivity index (χ0) is 28.5. The van der Waals surface area contributed by atoms with Gasteiger partial charge in [-0.2, -0.15) is 0 Å². The number of aliphatic hydroxyl groups excluding tert-OH is 1. The summed E-state index contributed by atoms with van der Waals surface area (Å²) in [4.78, 5) is 27.7. The maximum Gasteiger partial charge on any atom is 0.295 e. The van der Waals surface area contributed by atoms with E-state index in [2.05, 4.69) is 6.92 Å². The number of aliphatic hydroxyl groups is 1. The van der Waals surface area contributed by atoms with E-state index >= 15 is 0 Å². The molecular formula is C33H37NO6. The first-order valence-electron chi connectivity index (χ1n) is 13.7. The van der Waals surface area contributed by atoms with Crippen LogP contribution in [0.2, 0.25) is 0 Å². The second kappa shape index (κ2) is 13.8. The highest BCUT2D eigenvalue weighted by Crippen LogP contribution is 2.40. The van der Waals surface area contributed by atoms with Crippen LogP contribution >= 0.6 is 0 Å². The zero-order valence-electron chi connectivity index (χ0n) is 23.4. The summed E-state index contributed by atoms with van der Waals surface area (Å²) in [7, 11) is 1.54. The Morgan fingerprint density at radius 3 is 2.15 bits per heavy atom. The van der Waals surface area contributed by atoms with Crippen LogP contribution in [0.15, 0.2) is 78.4 Å². The Morgan fingerprint density at radius 2 is 1.50 bits per heavy atom. The maximum atomic E-state index is 13.2. The molecule has 0 bridgehead atoms. The molecule has 4 rings (SSSR count). The van der Waals surface area contributed by atoms with Crippen LogP contribution in [0, 0.1) is 6.92 Å². The second-order valence-electron chi connectivity index (χ2n) is 9.91. The Hall–Kier alpha value is -4.10. The fraction of sp³-hybridized carbons (Fsp3) is 0.333. The normalized spacial score (nSPS) is 16.4. The predicted molar refractivity (Wildman–Crippen MR) is 154 cm³/mol. The van der Waals surface area contributed by atoms with Crippen LogP contribution < -0.4 is 9.47 Å². The van der Waals surface area contributed by atoms with E-state index in [9.17, 15) is 14.7 Å². The van der Waals surface area contributed by atoms with Crippen molar-refractivity contribution >= 4 is 17.4 Å². The van der Waals surface area contributed by atoms with Gasteiger partial charge in [0.2, 0.25) is 0 Å². The van der Waals surface area contributed by atoms with Gasteiger partial charge in [-0.25, -0.2) is 0 Å². The average Bonchev–Trinajstić information content (AvgIpc) is 3.23. The monoisotopic (exact) mass is 543 g/mol. The van der Waals surface area contributed by atoms with Crippen molar-refractivity contribution in [3.63, 3.8) is 0 Å². The van der Waals surface area contributed by atoms with Crippen LogP contribution in [-0.2, 0) is 20.9 Å². The number of amides is 1. The Labute approximate surface area is 236 Å². The lowest BCUT2D eigenvalue weighted by atomic mass is 9.95. The number of Topliss-reactive ketones (excluding diaryl/α,β-unsaturated/α-hetero) is 1. The Bertz CT molecular complexity index is 1310. The molecule has 1 atom stereocenters. The summed E-state index contributed by atoms with van der Waals surface area (Å²) in [6, 6.07) is 21.5. The molecule has 1 unspecified atom stereocenters. The fourth-order valence-electron chi connectivity index (χ4n) is 4.65. The van der Waals surface area contributed by atoms with Crippen molar-refractivity contribution in [3.05, 3.63) is 101 Å². The van der Waals surface area contributed by atoms with E-state index in [-0.39, 0.29) is 24.5 Å². The summed E-state index contributed by atoms with van der Waals surface area (Å²) in [5.74, 6) is -0.272. The van der Waals surface area contributed by atoms with Gasteiger partial charge in [-0.3, -0.25) is 9.59 Å². The van der Waals surface area contributed by atoms with E-state index in [1.165, 1.54) is 10.5 Å². The summed E-state index contributed by atoms with van der Waals surface area (Å²) < 4.78 is 16.9. The molecule has 0 radical (unpaired) electrons. The van der Waals surface area contributed by atoms with Crippen molar-refractivity contribution in [2.45, 2.75) is 45.8 Å². The number of unbranched alkanes of at least 4 members (excludes halogenated alkanes) is 2. The third-order valence-electron chi connectivity index (χ3n) is 6.94. The van der Waals surface area contributed by atoms with Gasteiger partial charge < -0.3 is 24.2 Å². The molecule has 1 heterocycles. The SMILES string of the molecule is CCCCCOc1ccc(C2/C(=C(/O)c3ccc(OCc4ccc(C)cc4)cc3)C(=O)C(=O)N2CCOC)cc1. The van der Waals surface area contributed by atoms with Gasteiger partial charge in [-0.05, 0) is 60.9 Å². The molecule has 7 heteroatoms. The predicted octanol–water partition coefficient (Wildman–Crippen LogP) is 6.21. The number of aryl methyl sites for hydroxylation is 1. The van der Waals surface area contributed by atoms with E-state index in [1.807, 2.05) is 55.5 Å². The van der Waals surface area contributed by atoms with Crippen LogP contribution in [0.3, 0.4) is 0 Å². The molecule has 3 aromatic rings. The Morgan fingerprint density at radius 1 is 0.850 bits per heavy atom.